The number of ether oxygens (including phenoxy) is 1. The van der Waals surface area contributed by atoms with Crippen molar-refractivity contribution in [3.8, 4) is 0 Å². The number of likely N-dealkylation sites (tertiary alicyclic amines) is 1. The highest BCUT2D eigenvalue weighted by Crippen LogP contribution is 2.15. The smallest absolute Gasteiger partial charge is 0.225 e. The van der Waals surface area contributed by atoms with Crippen molar-refractivity contribution < 1.29 is 9.53 Å². The van der Waals surface area contributed by atoms with Gasteiger partial charge in [-0.3, -0.25) is 4.79 Å². The van der Waals surface area contributed by atoms with Crippen molar-refractivity contribution in [2.45, 2.75) is 38.6 Å². The fourth-order valence-corrected chi connectivity index (χ4v) is 2.68. The summed E-state index contributed by atoms with van der Waals surface area (Å²) in [6.07, 6.45) is 4.30. The Balaban J connectivity index is 1.68. The highest BCUT2D eigenvalue weighted by Gasteiger charge is 2.26. The molecule has 2 saturated heterocycles. The van der Waals surface area contributed by atoms with Crippen molar-refractivity contribution in [1.82, 2.24) is 10.2 Å². The lowest BCUT2D eigenvalue weighted by atomic mass is 10.0. The molecule has 1 N–H and O–H groups in total. The largest absolute Gasteiger partial charge is 0.381 e. The third kappa shape index (κ3) is 3.68. The molecule has 1 unspecified atom stereocenters. The molecule has 2 rings (SSSR count). The minimum atomic E-state index is 0.101. The van der Waals surface area contributed by atoms with Gasteiger partial charge in [0.05, 0.1) is 12.5 Å². The summed E-state index contributed by atoms with van der Waals surface area (Å²) >= 11 is 0. The molecule has 0 bridgehead atoms. The van der Waals surface area contributed by atoms with Gasteiger partial charge in [-0.25, -0.2) is 0 Å². The van der Waals surface area contributed by atoms with E-state index in [2.05, 4.69) is 17.1 Å². The Labute approximate surface area is 104 Å². The first-order chi connectivity index (χ1) is 8.29. The zero-order valence-electron chi connectivity index (χ0n) is 10.8. The summed E-state index contributed by atoms with van der Waals surface area (Å²) in [5.41, 5.74) is 0. The molecule has 98 valence electrons. The first kappa shape index (κ1) is 12.8. The average Bonchev–Trinajstić information content (AvgIpc) is 2.86. The van der Waals surface area contributed by atoms with Gasteiger partial charge in [0.2, 0.25) is 5.91 Å². The number of carbonyl (C=O) groups is 1. The highest BCUT2D eigenvalue weighted by atomic mass is 16.5. The second-order valence-corrected chi connectivity index (χ2v) is 5.19. The zero-order chi connectivity index (χ0) is 12.1. The predicted molar refractivity (Wildman–Crippen MR) is 66.8 cm³/mol. The van der Waals surface area contributed by atoms with E-state index in [0.717, 1.165) is 39.0 Å². The Morgan fingerprint density at radius 1 is 1.35 bits per heavy atom. The van der Waals surface area contributed by atoms with E-state index in [4.69, 9.17) is 4.74 Å². The molecule has 0 aromatic carbocycles. The van der Waals surface area contributed by atoms with Crippen LogP contribution in [0.15, 0.2) is 0 Å². The van der Waals surface area contributed by atoms with Gasteiger partial charge in [0.1, 0.15) is 0 Å². The summed E-state index contributed by atoms with van der Waals surface area (Å²) in [4.78, 5) is 14.4. The second kappa shape index (κ2) is 6.36. The number of nitrogens with zero attached hydrogens (tertiary/aromatic N) is 1. The number of nitrogens with one attached hydrogen (secondary N) is 1. The standard InChI is InChI=1S/C13H24N2O2/c1-2-6-15-7-3-12(4-8-15)14-13(16)11-5-9-17-10-11/h11-12H,2-10H2,1H3,(H,14,16). The molecule has 4 heteroatoms. The maximum atomic E-state index is 11.9. The lowest BCUT2D eigenvalue weighted by Gasteiger charge is -2.32. The molecule has 17 heavy (non-hydrogen) atoms. The van der Waals surface area contributed by atoms with Crippen LogP contribution >= 0.6 is 0 Å². The Kier molecular flexibility index (Phi) is 4.80. The van der Waals surface area contributed by atoms with Crippen LogP contribution in [0.5, 0.6) is 0 Å². The van der Waals surface area contributed by atoms with Crippen LogP contribution in [0.3, 0.4) is 0 Å². The van der Waals surface area contributed by atoms with Crippen LogP contribution in [0.2, 0.25) is 0 Å². The summed E-state index contributed by atoms with van der Waals surface area (Å²) in [5.74, 6) is 0.306. The van der Waals surface area contributed by atoms with Gasteiger partial charge in [-0.2, -0.15) is 0 Å². The molecule has 4 nitrogen and oxygen atoms in total. The van der Waals surface area contributed by atoms with E-state index in [-0.39, 0.29) is 11.8 Å². The maximum absolute atomic E-state index is 11.9. The second-order valence-electron chi connectivity index (χ2n) is 5.19. The molecule has 2 heterocycles. The summed E-state index contributed by atoms with van der Waals surface area (Å²) in [7, 11) is 0. The van der Waals surface area contributed by atoms with Gasteiger partial charge in [0, 0.05) is 25.7 Å². The topological polar surface area (TPSA) is 41.6 Å². The van der Waals surface area contributed by atoms with Gasteiger partial charge in [-0.15, -0.1) is 0 Å². The number of hydrogen-bond acceptors (Lipinski definition) is 3. The van der Waals surface area contributed by atoms with Crippen molar-refractivity contribution in [1.29, 1.82) is 0 Å². The number of piperidine rings is 1. The minimum absolute atomic E-state index is 0.101. The quantitative estimate of drug-likeness (QED) is 0.797. The fraction of sp³-hybridized carbons (Fsp3) is 0.923. The molecule has 2 fully saturated rings. The van der Waals surface area contributed by atoms with E-state index in [0.29, 0.717) is 12.6 Å². The SMILES string of the molecule is CCCN1CCC(NC(=O)C2CCOC2)CC1. The molecule has 2 aliphatic rings. The van der Waals surface area contributed by atoms with E-state index >= 15 is 0 Å². The molecule has 1 amide bonds. The van der Waals surface area contributed by atoms with Crippen LogP contribution in [0, 0.1) is 5.92 Å². The number of carbonyl (C=O) groups excluding carboxylic acids is 1. The Hall–Kier alpha value is -0.610. The first-order valence-electron chi connectivity index (χ1n) is 6.90. The monoisotopic (exact) mass is 240 g/mol. The summed E-state index contributed by atoms with van der Waals surface area (Å²) < 4.78 is 5.25. The molecule has 2 aliphatic heterocycles. The Morgan fingerprint density at radius 3 is 2.71 bits per heavy atom. The summed E-state index contributed by atoms with van der Waals surface area (Å²) in [6.45, 7) is 7.01. The maximum Gasteiger partial charge on any atom is 0.225 e. The zero-order valence-corrected chi connectivity index (χ0v) is 10.8. The van der Waals surface area contributed by atoms with Gasteiger partial charge in [0.15, 0.2) is 0 Å². The van der Waals surface area contributed by atoms with Crippen LogP contribution in [0.4, 0.5) is 0 Å². The fourth-order valence-electron chi connectivity index (χ4n) is 2.68. The van der Waals surface area contributed by atoms with Crippen LogP contribution in [0.25, 0.3) is 0 Å². The van der Waals surface area contributed by atoms with Crippen LogP contribution in [-0.4, -0.2) is 49.7 Å². The van der Waals surface area contributed by atoms with E-state index in [1.165, 1.54) is 13.0 Å². The molecular weight excluding hydrogens is 216 g/mol. The molecule has 0 aromatic rings. The Morgan fingerprint density at radius 2 is 2.12 bits per heavy atom. The van der Waals surface area contributed by atoms with Crippen molar-refractivity contribution >= 4 is 5.91 Å². The number of rotatable bonds is 4. The van der Waals surface area contributed by atoms with Crippen molar-refractivity contribution in [2.24, 2.45) is 5.92 Å². The van der Waals surface area contributed by atoms with Crippen molar-refractivity contribution in [3.05, 3.63) is 0 Å². The molecular formula is C13H24N2O2. The van der Waals surface area contributed by atoms with Crippen molar-refractivity contribution in [3.63, 3.8) is 0 Å². The van der Waals surface area contributed by atoms with E-state index in [1.54, 1.807) is 0 Å². The predicted octanol–water partition coefficient (Wildman–Crippen LogP) is 1.01. The summed E-state index contributed by atoms with van der Waals surface area (Å²) in [5, 5.41) is 3.18. The van der Waals surface area contributed by atoms with Gasteiger partial charge in [-0.1, -0.05) is 6.92 Å². The first-order valence-corrected chi connectivity index (χ1v) is 6.90. The lowest BCUT2D eigenvalue weighted by molar-refractivity contribution is -0.126. The number of hydrogen-bond donors (Lipinski definition) is 1. The van der Waals surface area contributed by atoms with E-state index < -0.39 is 0 Å². The molecule has 0 aromatic heterocycles. The van der Waals surface area contributed by atoms with E-state index in [9.17, 15) is 4.79 Å². The highest BCUT2D eigenvalue weighted by molar-refractivity contribution is 5.79. The third-order valence-corrected chi connectivity index (χ3v) is 3.77. The van der Waals surface area contributed by atoms with E-state index in [1.807, 2.05) is 0 Å². The third-order valence-electron chi connectivity index (χ3n) is 3.77. The van der Waals surface area contributed by atoms with Crippen molar-refractivity contribution in [2.75, 3.05) is 32.8 Å². The van der Waals surface area contributed by atoms with Crippen LogP contribution < -0.4 is 5.32 Å². The van der Waals surface area contributed by atoms with Gasteiger partial charge in [-0.05, 0) is 32.2 Å². The Bertz CT molecular complexity index is 244. The minimum Gasteiger partial charge on any atom is -0.381 e. The van der Waals surface area contributed by atoms with Crippen LogP contribution in [0.1, 0.15) is 32.6 Å². The van der Waals surface area contributed by atoms with Crippen LogP contribution in [-0.2, 0) is 9.53 Å². The van der Waals surface area contributed by atoms with Gasteiger partial charge >= 0.3 is 0 Å². The molecule has 1 atom stereocenters. The average molecular weight is 240 g/mol. The molecule has 0 aliphatic carbocycles. The molecule has 0 saturated carbocycles. The number of amides is 1. The lowest BCUT2D eigenvalue weighted by Crippen LogP contribution is -2.46. The molecule has 0 spiro atoms. The summed E-state index contributed by atoms with van der Waals surface area (Å²) in [6, 6.07) is 0.385. The normalized spacial score (nSPS) is 27.2. The molecule has 0 radical (unpaired) electrons. The van der Waals surface area contributed by atoms with Gasteiger partial charge in [0.25, 0.3) is 0 Å². The van der Waals surface area contributed by atoms with Gasteiger partial charge < -0.3 is 15.0 Å².